The van der Waals surface area contributed by atoms with Crippen LogP contribution in [0.4, 0.5) is 0 Å². The monoisotopic (exact) mass is 326 g/mol. The van der Waals surface area contributed by atoms with E-state index >= 15 is 0 Å². The third-order valence-electron chi connectivity index (χ3n) is 3.77. The van der Waals surface area contributed by atoms with Crippen LogP contribution < -0.4 is 10.4 Å². The quantitative estimate of drug-likeness (QED) is 0.558. The van der Waals surface area contributed by atoms with Gasteiger partial charge in [-0.3, -0.25) is 4.57 Å². The molecule has 0 unspecified atom stereocenters. The second-order valence-electron chi connectivity index (χ2n) is 5.29. The Labute approximate surface area is 138 Å². The molecule has 1 N–H and O–H groups in total. The lowest BCUT2D eigenvalue weighted by molar-refractivity contribution is 0.0492. The van der Waals surface area contributed by atoms with Crippen LogP contribution >= 0.6 is 0 Å². The fourth-order valence-electron chi connectivity index (χ4n) is 2.61. The van der Waals surface area contributed by atoms with Gasteiger partial charge in [0, 0.05) is 6.54 Å². The van der Waals surface area contributed by atoms with Crippen LogP contribution in [0.2, 0.25) is 0 Å². The third-order valence-corrected chi connectivity index (χ3v) is 3.77. The molecule has 24 heavy (non-hydrogen) atoms. The van der Waals surface area contributed by atoms with E-state index < -0.39 is 5.97 Å². The topological polar surface area (TPSA) is 73.3 Å². The molecule has 3 rings (SSSR count). The van der Waals surface area contributed by atoms with E-state index in [4.69, 9.17) is 9.47 Å². The van der Waals surface area contributed by atoms with Crippen LogP contribution in [-0.2, 0) is 11.3 Å². The van der Waals surface area contributed by atoms with E-state index in [2.05, 4.69) is 4.98 Å². The van der Waals surface area contributed by atoms with Crippen LogP contribution in [0.15, 0.2) is 53.3 Å². The summed E-state index contributed by atoms with van der Waals surface area (Å²) in [5.74, 6) is 0.0501. The molecule has 6 nitrogen and oxygen atoms in total. The van der Waals surface area contributed by atoms with Crippen molar-refractivity contribution < 1.29 is 14.3 Å². The van der Waals surface area contributed by atoms with Gasteiger partial charge in [-0.15, -0.1) is 0 Å². The maximum atomic E-state index is 12.1. The number of carbonyl (C=O) groups is 1. The lowest BCUT2D eigenvalue weighted by atomic mass is 10.2. The number of H-pyrrole nitrogens is 1. The van der Waals surface area contributed by atoms with Gasteiger partial charge in [-0.05, 0) is 30.7 Å². The fourth-order valence-corrected chi connectivity index (χ4v) is 2.61. The number of fused-ring (bicyclic) bond motifs is 1. The zero-order valence-corrected chi connectivity index (χ0v) is 13.3. The van der Waals surface area contributed by atoms with Gasteiger partial charge in [-0.1, -0.05) is 24.3 Å². The van der Waals surface area contributed by atoms with Gasteiger partial charge >= 0.3 is 11.7 Å². The highest BCUT2D eigenvalue weighted by molar-refractivity contribution is 5.92. The minimum atomic E-state index is -0.432. The molecule has 124 valence electrons. The fraction of sp³-hybridized carbons (Fsp3) is 0.222. The average Bonchev–Trinajstić information content (AvgIpc) is 2.93. The molecule has 0 saturated heterocycles. The van der Waals surface area contributed by atoms with E-state index in [0.29, 0.717) is 24.3 Å². The van der Waals surface area contributed by atoms with Gasteiger partial charge in [0.05, 0.1) is 24.8 Å². The van der Waals surface area contributed by atoms with Crippen molar-refractivity contribution in [3.05, 3.63) is 64.6 Å². The maximum absolute atomic E-state index is 12.1. The SMILES string of the molecule is COc1ccccc1C(=O)OCCCn1c(=O)[nH]c2ccccc21. The standard InChI is InChI=1S/C18H18N2O4/c1-23-16-10-5-2-7-13(16)17(21)24-12-6-11-20-15-9-4-3-8-14(15)19-18(20)22/h2-5,7-10H,6,11-12H2,1H3,(H,19,22). The second-order valence-corrected chi connectivity index (χ2v) is 5.29. The van der Waals surface area contributed by atoms with Crippen LogP contribution in [0.3, 0.4) is 0 Å². The Morgan fingerprint density at radius 1 is 1.12 bits per heavy atom. The number of para-hydroxylation sites is 3. The predicted molar refractivity (Wildman–Crippen MR) is 90.5 cm³/mol. The van der Waals surface area contributed by atoms with Crippen LogP contribution in [0, 0.1) is 0 Å². The number of hydrogen-bond donors (Lipinski definition) is 1. The van der Waals surface area contributed by atoms with Crippen LogP contribution in [-0.4, -0.2) is 29.2 Å². The van der Waals surface area contributed by atoms with Crippen molar-refractivity contribution >= 4 is 17.0 Å². The molecule has 0 spiro atoms. The maximum Gasteiger partial charge on any atom is 0.341 e. The van der Waals surface area contributed by atoms with Crippen molar-refractivity contribution in [1.29, 1.82) is 0 Å². The Morgan fingerprint density at radius 3 is 2.71 bits per heavy atom. The average molecular weight is 326 g/mol. The number of nitrogens with zero attached hydrogens (tertiary/aromatic N) is 1. The Bertz CT molecular complexity index is 911. The van der Waals surface area contributed by atoms with Gasteiger partial charge in [0.1, 0.15) is 11.3 Å². The van der Waals surface area contributed by atoms with E-state index in [1.54, 1.807) is 28.8 Å². The zero-order valence-electron chi connectivity index (χ0n) is 13.3. The zero-order chi connectivity index (χ0) is 16.9. The Morgan fingerprint density at radius 2 is 1.88 bits per heavy atom. The first kappa shape index (κ1) is 15.9. The number of ether oxygens (including phenoxy) is 2. The minimum absolute atomic E-state index is 0.160. The number of methoxy groups -OCH3 is 1. The molecule has 2 aromatic carbocycles. The normalized spacial score (nSPS) is 10.7. The summed E-state index contributed by atoms with van der Waals surface area (Å²) < 4.78 is 12.1. The number of imidazole rings is 1. The van der Waals surface area contributed by atoms with E-state index in [1.807, 2.05) is 24.3 Å². The molecular weight excluding hydrogens is 308 g/mol. The summed E-state index contributed by atoms with van der Waals surface area (Å²) in [4.78, 5) is 26.8. The number of benzene rings is 2. The van der Waals surface area contributed by atoms with Crippen LogP contribution in [0.25, 0.3) is 11.0 Å². The number of carbonyl (C=O) groups excluding carboxylic acids is 1. The molecular formula is C18H18N2O4. The number of aryl methyl sites for hydroxylation is 1. The highest BCUT2D eigenvalue weighted by Crippen LogP contribution is 2.18. The van der Waals surface area contributed by atoms with E-state index in [0.717, 1.165) is 11.0 Å². The number of aromatic nitrogens is 2. The molecule has 3 aromatic rings. The van der Waals surface area contributed by atoms with Crippen LogP contribution in [0.5, 0.6) is 5.75 Å². The number of hydrogen-bond acceptors (Lipinski definition) is 4. The van der Waals surface area contributed by atoms with Gasteiger partial charge < -0.3 is 14.5 Å². The molecule has 0 fully saturated rings. The Hall–Kier alpha value is -3.02. The Kier molecular flexibility index (Phi) is 4.65. The Balaban J connectivity index is 1.60. The summed E-state index contributed by atoms with van der Waals surface area (Å²) in [5.41, 5.74) is 1.88. The minimum Gasteiger partial charge on any atom is -0.496 e. The molecule has 0 radical (unpaired) electrons. The molecule has 6 heteroatoms. The van der Waals surface area contributed by atoms with Crippen LogP contribution in [0.1, 0.15) is 16.8 Å². The first-order valence-electron chi connectivity index (χ1n) is 7.68. The molecule has 0 atom stereocenters. The van der Waals surface area contributed by atoms with E-state index in [9.17, 15) is 9.59 Å². The second kappa shape index (κ2) is 7.04. The highest BCUT2D eigenvalue weighted by atomic mass is 16.5. The van der Waals surface area contributed by atoms with Gasteiger partial charge in [0.25, 0.3) is 0 Å². The van der Waals surface area contributed by atoms with Crippen molar-refractivity contribution in [3.8, 4) is 5.75 Å². The van der Waals surface area contributed by atoms with Crippen molar-refractivity contribution in [2.24, 2.45) is 0 Å². The van der Waals surface area contributed by atoms with E-state index in [1.165, 1.54) is 7.11 Å². The van der Waals surface area contributed by atoms with Crippen molar-refractivity contribution in [2.45, 2.75) is 13.0 Å². The third kappa shape index (κ3) is 3.17. The number of nitrogens with one attached hydrogen (secondary N) is 1. The van der Waals surface area contributed by atoms with Crippen molar-refractivity contribution in [1.82, 2.24) is 9.55 Å². The molecule has 1 aromatic heterocycles. The van der Waals surface area contributed by atoms with Gasteiger partial charge in [-0.25, -0.2) is 9.59 Å². The molecule has 1 heterocycles. The highest BCUT2D eigenvalue weighted by Gasteiger charge is 2.13. The molecule has 0 amide bonds. The number of rotatable bonds is 6. The van der Waals surface area contributed by atoms with Gasteiger partial charge in [0.2, 0.25) is 0 Å². The summed E-state index contributed by atoms with van der Waals surface area (Å²) in [6, 6.07) is 14.4. The number of esters is 1. The van der Waals surface area contributed by atoms with Gasteiger partial charge in [0.15, 0.2) is 0 Å². The molecule has 0 aliphatic rings. The smallest absolute Gasteiger partial charge is 0.341 e. The molecule has 0 saturated carbocycles. The first-order valence-corrected chi connectivity index (χ1v) is 7.68. The molecule has 0 aliphatic carbocycles. The summed E-state index contributed by atoms with van der Waals surface area (Å²) in [6.07, 6.45) is 0.544. The van der Waals surface area contributed by atoms with E-state index in [-0.39, 0.29) is 12.3 Å². The first-order chi connectivity index (χ1) is 11.7. The van der Waals surface area contributed by atoms with Crippen molar-refractivity contribution in [3.63, 3.8) is 0 Å². The summed E-state index contributed by atoms with van der Waals surface area (Å²) in [6.45, 7) is 0.699. The van der Waals surface area contributed by atoms with Crippen molar-refractivity contribution in [2.75, 3.05) is 13.7 Å². The largest absolute Gasteiger partial charge is 0.496 e. The lowest BCUT2D eigenvalue weighted by Gasteiger charge is -2.08. The lowest BCUT2D eigenvalue weighted by Crippen LogP contribution is -2.18. The van der Waals surface area contributed by atoms with Gasteiger partial charge in [-0.2, -0.15) is 0 Å². The number of aromatic amines is 1. The summed E-state index contributed by atoms with van der Waals surface area (Å²) in [7, 11) is 1.51. The summed E-state index contributed by atoms with van der Waals surface area (Å²) in [5, 5.41) is 0. The molecule has 0 aliphatic heterocycles. The summed E-state index contributed by atoms with van der Waals surface area (Å²) >= 11 is 0. The molecule has 0 bridgehead atoms. The predicted octanol–water partition coefficient (Wildman–Crippen LogP) is 2.59.